The van der Waals surface area contributed by atoms with E-state index in [-0.39, 0.29) is 13.1 Å². The number of nitrogens with one attached hydrogen (secondary N) is 2. The fourth-order valence-corrected chi connectivity index (χ4v) is 1.01. The van der Waals surface area contributed by atoms with Crippen molar-refractivity contribution in [2.24, 2.45) is 5.11 Å². The summed E-state index contributed by atoms with van der Waals surface area (Å²) in [4.78, 5) is 13.7. The largest absolute Gasteiger partial charge is 0.338 e. The van der Waals surface area contributed by atoms with Gasteiger partial charge >= 0.3 is 6.03 Å². The zero-order valence-corrected chi connectivity index (χ0v) is 8.35. The molecule has 1 rings (SSSR count). The monoisotopic (exact) mass is 223 g/mol. The molecule has 6 nitrogen and oxygen atoms in total. The van der Waals surface area contributed by atoms with Crippen LogP contribution in [0.4, 0.5) is 14.9 Å². The summed E-state index contributed by atoms with van der Waals surface area (Å²) in [5.41, 5.74) is 8.35. The SMILES string of the molecule is [N-]=[N+]=NCCNC(=O)Nc1cccc(F)c1. The van der Waals surface area contributed by atoms with Gasteiger partial charge in [0.15, 0.2) is 0 Å². The Labute approximate surface area is 91.1 Å². The van der Waals surface area contributed by atoms with E-state index in [0.29, 0.717) is 5.69 Å². The molecule has 0 heterocycles. The van der Waals surface area contributed by atoms with Crippen LogP contribution < -0.4 is 10.6 Å². The molecular formula is C9H10FN5O. The number of rotatable bonds is 4. The van der Waals surface area contributed by atoms with E-state index >= 15 is 0 Å². The zero-order valence-electron chi connectivity index (χ0n) is 8.35. The summed E-state index contributed by atoms with van der Waals surface area (Å²) in [6.45, 7) is 0.401. The number of carbonyl (C=O) groups excluding carboxylic acids is 1. The van der Waals surface area contributed by atoms with Crippen LogP contribution >= 0.6 is 0 Å². The Hall–Kier alpha value is -2.27. The van der Waals surface area contributed by atoms with Crippen molar-refractivity contribution in [1.29, 1.82) is 0 Å². The number of amides is 2. The molecule has 0 atom stereocenters. The first-order valence-electron chi connectivity index (χ1n) is 4.53. The van der Waals surface area contributed by atoms with E-state index < -0.39 is 11.8 Å². The average molecular weight is 223 g/mol. The molecule has 0 bridgehead atoms. The molecule has 7 heteroatoms. The second-order valence-corrected chi connectivity index (χ2v) is 2.85. The Kier molecular flexibility index (Phi) is 4.62. The van der Waals surface area contributed by atoms with E-state index in [1.165, 1.54) is 18.2 Å². The lowest BCUT2D eigenvalue weighted by Gasteiger charge is -2.05. The summed E-state index contributed by atoms with van der Waals surface area (Å²) >= 11 is 0. The van der Waals surface area contributed by atoms with Crippen molar-refractivity contribution in [2.75, 3.05) is 18.4 Å². The van der Waals surface area contributed by atoms with Gasteiger partial charge in [0, 0.05) is 23.7 Å². The third kappa shape index (κ3) is 4.30. The highest BCUT2D eigenvalue weighted by Crippen LogP contribution is 2.08. The van der Waals surface area contributed by atoms with Crippen LogP contribution in [0.1, 0.15) is 0 Å². The molecule has 84 valence electrons. The predicted molar refractivity (Wildman–Crippen MR) is 57.4 cm³/mol. The van der Waals surface area contributed by atoms with Gasteiger partial charge in [-0.25, -0.2) is 9.18 Å². The van der Waals surface area contributed by atoms with Crippen LogP contribution in [-0.4, -0.2) is 19.1 Å². The molecule has 0 radical (unpaired) electrons. The van der Waals surface area contributed by atoms with Gasteiger partial charge in [-0.1, -0.05) is 11.2 Å². The van der Waals surface area contributed by atoms with Crippen LogP contribution in [0.3, 0.4) is 0 Å². The summed E-state index contributed by atoms with van der Waals surface area (Å²) in [6.07, 6.45) is 0. The summed E-state index contributed by atoms with van der Waals surface area (Å²) in [6, 6.07) is 5.07. The lowest BCUT2D eigenvalue weighted by Crippen LogP contribution is -2.30. The molecule has 0 unspecified atom stereocenters. The van der Waals surface area contributed by atoms with Crippen molar-refractivity contribution >= 4 is 11.7 Å². The van der Waals surface area contributed by atoms with Gasteiger partial charge in [-0.3, -0.25) is 0 Å². The van der Waals surface area contributed by atoms with E-state index in [1.807, 2.05) is 0 Å². The molecular weight excluding hydrogens is 213 g/mol. The van der Waals surface area contributed by atoms with Crippen molar-refractivity contribution in [3.05, 3.63) is 40.5 Å². The summed E-state index contributed by atoms with van der Waals surface area (Å²) in [5, 5.41) is 8.13. The Morgan fingerprint density at radius 1 is 1.56 bits per heavy atom. The first-order chi connectivity index (χ1) is 7.72. The Morgan fingerprint density at radius 3 is 3.06 bits per heavy atom. The number of hydrogen-bond acceptors (Lipinski definition) is 2. The van der Waals surface area contributed by atoms with Gasteiger partial charge in [0.25, 0.3) is 0 Å². The third-order valence-corrected chi connectivity index (χ3v) is 1.64. The van der Waals surface area contributed by atoms with Gasteiger partial charge < -0.3 is 10.6 Å². The highest BCUT2D eigenvalue weighted by molar-refractivity contribution is 5.89. The molecule has 1 aromatic rings. The molecule has 0 fully saturated rings. The minimum Gasteiger partial charge on any atom is -0.338 e. The molecule has 0 saturated heterocycles. The predicted octanol–water partition coefficient (Wildman–Crippen LogP) is 2.26. The van der Waals surface area contributed by atoms with E-state index in [9.17, 15) is 9.18 Å². The zero-order chi connectivity index (χ0) is 11.8. The van der Waals surface area contributed by atoms with Crippen LogP contribution in [-0.2, 0) is 0 Å². The quantitative estimate of drug-likeness (QED) is 0.348. The molecule has 2 N–H and O–H groups in total. The minimum atomic E-state index is -0.473. The molecule has 0 aliphatic rings. The summed E-state index contributed by atoms with van der Waals surface area (Å²) < 4.78 is 12.7. The number of urea groups is 1. The van der Waals surface area contributed by atoms with Gasteiger partial charge in [-0.15, -0.1) is 0 Å². The number of azide groups is 1. The first kappa shape index (κ1) is 11.8. The van der Waals surface area contributed by atoms with E-state index in [2.05, 4.69) is 20.7 Å². The molecule has 0 aliphatic heterocycles. The Bertz CT molecular complexity index is 416. The highest BCUT2D eigenvalue weighted by Gasteiger charge is 2.00. The van der Waals surface area contributed by atoms with E-state index in [4.69, 9.17) is 5.53 Å². The molecule has 0 aliphatic carbocycles. The Morgan fingerprint density at radius 2 is 2.38 bits per heavy atom. The van der Waals surface area contributed by atoms with Gasteiger partial charge in [0.1, 0.15) is 5.82 Å². The second-order valence-electron chi connectivity index (χ2n) is 2.85. The number of anilines is 1. The lowest BCUT2D eigenvalue weighted by atomic mass is 10.3. The molecule has 16 heavy (non-hydrogen) atoms. The highest BCUT2D eigenvalue weighted by atomic mass is 19.1. The molecule has 2 amide bonds. The maximum atomic E-state index is 12.7. The number of nitrogens with zero attached hydrogens (tertiary/aromatic N) is 3. The smallest absolute Gasteiger partial charge is 0.319 e. The molecule has 0 saturated carbocycles. The number of halogens is 1. The standard InChI is InChI=1S/C9H10FN5O/c10-7-2-1-3-8(6-7)14-9(16)12-4-5-13-15-11/h1-3,6H,4-5H2,(H2,12,14,16). The molecule has 0 aromatic heterocycles. The minimum absolute atomic E-state index is 0.174. The number of benzene rings is 1. The van der Waals surface area contributed by atoms with Gasteiger partial charge in [-0.2, -0.15) is 0 Å². The van der Waals surface area contributed by atoms with Gasteiger partial charge in [0.2, 0.25) is 0 Å². The average Bonchev–Trinajstić information content (AvgIpc) is 2.24. The van der Waals surface area contributed by atoms with E-state index in [0.717, 1.165) is 0 Å². The van der Waals surface area contributed by atoms with Crippen molar-refractivity contribution in [3.8, 4) is 0 Å². The summed E-state index contributed by atoms with van der Waals surface area (Å²) in [7, 11) is 0. The lowest BCUT2D eigenvalue weighted by molar-refractivity contribution is 0.252. The Balaban J connectivity index is 2.36. The van der Waals surface area contributed by atoms with Gasteiger partial charge in [-0.05, 0) is 23.7 Å². The molecule has 0 spiro atoms. The molecule has 1 aromatic carbocycles. The number of hydrogen-bond donors (Lipinski definition) is 2. The van der Waals surface area contributed by atoms with Crippen LogP contribution in [0.15, 0.2) is 29.4 Å². The number of carbonyl (C=O) groups is 1. The van der Waals surface area contributed by atoms with Crippen LogP contribution in [0.2, 0.25) is 0 Å². The van der Waals surface area contributed by atoms with Crippen LogP contribution in [0, 0.1) is 5.82 Å². The second kappa shape index (κ2) is 6.26. The third-order valence-electron chi connectivity index (χ3n) is 1.64. The van der Waals surface area contributed by atoms with Crippen LogP contribution in [0.5, 0.6) is 0 Å². The van der Waals surface area contributed by atoms with E-state index in [1.54, 1.807) is 6.07 Å². The topological polar surface area (TPSA) is 89.9 Å². The van der Waals surface area contributed by atoms with Crippen LogP contribution in [0.25, 0.3) is 10.4 Å². The normalized spacial score (nSPS) is 9.06. The fraction of sp³-hybridized carbons (Fsp3) is 0.222. The van der Waals surface area contributed by atoms with Crippen molar-refractivity contribution in [1.82, 2.24) is 5.32 Å². The maximum absolute atomic E-state index is 12.7. The van der Waals surface area contributed by atoms with Gasteiger partial charge in [0.05, 0.1) is 0 Å². The van der Waals surface area contributed by atoms with Crippen molar-refractivity contribution in [3.63, 3.8) is 0 Å². The first-order valence-corrected chi connectivity index (χ1v) is 4.53. The fourth-order valence-electron chi connectivity index (χ4n) is 1.01. The summed E-state index contributed by atoms with van der Waals surface area (Å²) in [5.74, 6) is -0.424. The van der Waals surface area contributed by atoms with Crippen molar-refractivity contribution < 1.29 is 9.18 Å². The van der Waals surface area contributed by atoms with Crippen molar-refractivity contribution in [2.45, 2.75) is 0 Å². The maximum Gasteiger partial charge on any atom is 0.319 e.